The van der Waals surface area contributed by atoms with Crippen molar-refractivity contribution in [1.82, 2.24) is 42.5 Å². The lowest BCUT2D eigenvalue weighted by molar-refractivity contribution is -0.145. The number of carbonyl (C=O) groups is 9. The highest BCUT2D eigenvalue weighted by Crippen LogP contribution is 2.08. The molecule has 0 radical (unpaired) electrons. The maximum Gasteiger partial charge on any atom is 0.328 e. The number of aliphatic carboxylic acids is 1. The summed E-state index contributed by atoms with van der Waals surface area (Å²) in [5.74, 6) is -8.09. The number of carbonyl (C=O) groups excluding carboxylic acids is 8. The minimum Gasteiger partial charge on any atom is -0.480 e. The second-order valence-corrected chi connectivity index (χ2v) is 11.7. The monoisotopic (exact) mass is 701 g/mol. The summed E-state index contributed by atoms with van der Waals surface area (Å²) in [7, 11) is 0. The molecule has 0 aromatic carbocycles. The molecule has 49 heavy (non-hydrogen) atoms. The summed E-state index contributed by atoms with van der Waals surface area (Å²) < 4.78 is 0. The number of nitrogens with two attached hydrogens (primary N) is 1. The first-order valence-electron chi connectivity index (χ1n) is 15.7. The Morgan fingerprint density at radius 1 is 0.551 bits per heavy atom. The van der Waals surface area contributed by atoms with Crippen LogP contribution in [0.3, 0.4) is 0 Å². The first kappa shape index (κ1) is 44.1. The number of nitrogens with one attached hydrogen (secondary N) is 8. The normalized spacial score (nSPS) is 15.1. The van der Waals surface area contributed by atoms with Gasteiger partial charge in [0.15, 0.2) is 6.04 Å². The number of hydrogen-bond acceptors (Lipinski definition) is 11. The van der Waals surface area contributed by atoms with Gasteiger partial charge in [-0.1, -0.05) is 34.1 Å². The largest absolute Gasteiger partial charge is 0.480 e. The zero-order valence-corrected chi connectivity index (χ0v) is 28.8. The van der Waals surface area contributed by atoms with Gasteiger partial charge < -0.3 is 58.5 Å². The maximum atomic E-state index is 12.8. The van der Waals surface area contributed by atoms with E-state index < -0.39 is 115 Å². The van der Waals surface area contributed by atoms with E-state index in [9.17, 15) is 48.3 Å². The van der Waals surface area contributed by atoms with Crippen molar-refractivity contribution in [2.45, 2.75) is 91.2 Å². The first-order valence-corrected chi connectivity index (χ1v) is 15.7. The predicted molar refractivity (Wildman–Crippen MR) is 173 cm³/mol. The van der Waals surface area contributed by atoms with Gasteiger partial charge in [0, 0.05) is 0 Å². The lowest BCUT2D eigenvalue weighted by Gasteiger charge is -2.25. The van der Waals surface area contributed by atoms with E-state index in [2.05, 4.69) is 42.5 Å². The molecule has 0 rings (SSSR count). The summed E-state index contributed by atoms with van der Waals surface area (Å²) in [5, 5.41) is 37.5. The van der Waals surface area contributed by atoms with Crippen LogP contribution in [0.1, 0.15) is 54.9 Å². The van der Waals surface area contributed by atoms with Gasteiger partial charge in [-0.2, -0.15) is 0 Å². The molecule has 0 saturated heterocycles. The molecule has 0 aromatic rings. The SMILES string of the molecule is CC[C@H](C)[C@H](NC(=O)[C@H](C)NC(=O)CN)C(=O)NCC(=O)NCC(=O)N[C@@H](C)C(=O)NCC(=O)N[C@H](C(=O)N[C@H](C(=O)O)[C@@H](C)O)C(C)C. The highest BCUT2D eigenvalue weighted by atomic mass is 16.4. The van der Waals surface area contributed by atoms with Crippen LogP contribution in [0.5, 0.6) is 0 Å². The molecule has 0 aliphatic rings. The number of aliphatic hydroxyl groups excluding tert-OH is 1. The van der Waals surface area contributed by atoms with Gasteiger partial charge in [-0.25, -0.2) is 4.79 Å². The highest BCUT2D eigenvalue weighted by molar-refractivity contribution is 5.95. The average Bonchev–Trinajstić information content (AvgIpc) is 3.03. The smallest absolute Gasteiger partial charge is 0.328 e. The van der Waals surface area contributed by atoms with E-state index in [4.69, 9.17) is 10.8 Å². The van der Waals surface area contributed by atoms with Crippen LogP contribution >= 0.6 is 0 Å². The van der Waals surface area contributed by atoms with Gasteiger partial charge in [-0.3, -0.25) is 38.4 Å². The van der Waals surface area contributed by atoms with Crippen LogP contribution in [-0.4, -0.2) is 126 Å². The Balaban J connectivity index is 4.83. The molecule has 0 aromatic heterocycles. The molecule has 278 valence electrons. The lowest BCUT2D eigenvalue weighted by atomic mass is 9.98. The molecule has 0 aliphatic heterocycles. The lowest BCUT2D eigenvalue weighted by Crippen LogP contribution is -2.57. The van der Waals surface area contributed by atoms with Crippen molar-refractivity contribution in [2.24, 2.45) is 17.6 Å². The van der Waals surface area contributed by atoms with Crippen molar-refractivity contribution in [3.8, 4) is 0 Å². The van der Waals surface area contributed by atoms with E-state index in [-0.39, 0.29) is 12.5 Å². The van der Waals surface area contributed by atoms with Crippen molar-refractivity contribution in [2.75, 3.05) is 26.2 Å². The van der Waals surface area contributed by atoms with Gasteiger partial charge in [-0.15, -0.1) is 0 Å². The van der Waals surface area contributed by atoms with E-state index in [0.29, 0.717) is 6.42 Å². The van der Waals surface area contributed by atoms with E-state index in [1.165, 1.54) is 20.8 Å². The fourth-order valence-electron chi connectivity index (χ4n) is 3.93. The number of rotatable bonds is 21. The Labute approximate surface area is 284 Å². The molecule has 0 fully saturated rings. The Bertz CT molecular complexity index is 1210. The molecule has 0 spiro atoms. The standard InChI is InChI=1S/C29H51N9O11/c1-8-14(4)23(37-26(45)16(6)34-18(40)9-30)27(46)33-10-19(41)31-11-20(42)35-15(5)25(44)32-12-21(43)36-22(13(2)3)28(47)38-24(17(7)39)29(48)49/h13-17,22-24,39H,8-12,30H2,1-7H3,(H,31,41)(H,32,44)(H,33,46)(H,34,40)(H,35,42)(H,36,43)(H,37,45)(H,38,47)(H,48,49)/t14-,15-,16-,17+,22-,23-,24-/m0/s1. The van der Waals surface area contributed by atoms with Crippen molar-refractivity contribution in [3.05, 3.63) is 0 Å². The zero-order chi connectivity index (χ0) is 38.0. The Morgan fingerprint density at radius 3 is 1.53 bits per heavy atom. The summed E-state index contributed by atoms with van der Waals surface area (Å²) >= 11 is 0. The average molecular weight is 702 g/mol. The third-order valence-corrected chi connectivity index (χ3v) is 7.12. The van der Waals surface area contributed by atoms with Gasteiger partial charge in [0.1, 0.15) is 24.2 Å². The van der Waals surface area contributed by atoms with Gasteiger partial charge in [-0.05, 0) is 32.6 Å². The van der Waals surface area contributed by atoms with Crippen LogP contribution in [0.25, 0.3) is 0 Å². The van der Waals surface area contributed by atoms with Crippen LogP contribution in [0.15, 0.2) is 0 Å². The van der Waals surface area contributed by atoms with Crippen LogP contribution in [-0.2, 0) is 43.2 Å². The molecule has 0 bridgehead atoms. The molecule has 8 amide bonds. The van der Waals surface area contributed by atoms with Crippen LogP contribution < -0.4 is 48.3 Å². The van der Waals surface area contributed by atoms with Gasteiger partial charge in [0.25, 0.3) is 0 Å². The van der Waals surface area contributed by atoms with Gasteiger partial charge in [0.05, 0.1) is 32.3 Å². The molecule has 0 aliphatic carbocycles. The Hall–Kier alpha value is -4.85. The fourth-order valence-corrected chi connectivity index (χ4v) is 3.93. The van der Waals surface area contributed by atoms with Crippen molar-refractivity contribution in [1.29, 1.82) is 0 Å². The molecular formula is C29H51N9O11. The van der Waals surface area contributed by atoms with Crippen molar-refractivity contribution < 1.29 is 53.4 Å². The van der Waals surface area contributed by atoms with Crippen molar-refractivity contribution in [3.63, 3.8) is 0 Å². The minimum absolute atomic E-state index is 0.320. The molecule has 7 atom stereocenters. The quantitative estimate of drug-likeness (QED) is 0.0536. The number of amides is 8. The van der Waals surface area contributed by atoms with E-state index in [1.54, 1.807) is 27.7 Å². The molecule has 20 heteroatoms. The first-order chi connectivity index (χ1) is 22.7. The van der Waals surface area contributed by atoms with E-state index in [0.717, 1.165) is 0 Å². The summed E-state index contributed by atoms with van der Waals surface area (Å²) in [6, 6.07) is -5.94. The second-order valence-electron chi connectivity index (χ2n) is 11.7. The molecule has 20 nitrogen and oxygen atoms in total. The Kier molecular flexibility index (Phi) is 19.7. The molecule has 12 N–H and O–H groups in total. The third kappa shape index (κ3) is 16.7. The molecule has 0 heterocycles. The summed E-state index contributed by atoms with van der Waals surface area (Å²) in [6.07, 6.45) is -0.905. The fraction of sp³-hybridized carbons (Fsp3) is 0.690. The maximum absolute atomic E-state index is 12.8. The van der Waals surface area contributed by atoms with Gasteiger partial charge in [0.2, 0.25) is 47.3 Å². The van der Waals surface area contributed by atoms with Crippen LogP contribution in [0, 0.1) is 11.8 Å². The highest BCUT2D eigenvalue weighted by Gasteiger charge is 2.31. The Morgan fingerprint density at radius 2 is 1.02 bits per heavy atom. The van der Waals surface area contributed by atoms with Crippen molar-refractivity contribution >= 4 is 53.2 Å². The topological polar surface area (TPSA) is 316 Å². The summed E-state index contributed by atoms with van der Waals surface area (Å²) in [6.45, 7) is 8.58. The minimum atomic E-state index is -1.60. The van der Waals surface area contributed by atoms with Crippen LogP contribution in [0.4, 0.5) is 0 Å². The molecular weight excluding hydrogens is 650 g/mol. The molecule has 0 saturated carbocycles. The number of carboxylic acids is 1. The van der Waals surface area contributed by atoms with E-state index in [1.807, 2.05) is 0 Å². The number of hydrogen-bond donors (Lipinski definition) is 11. The van der Waals surface area contributed by atoms with Gasteiger partial charge >= 0.3 is 5.97 Å². The second kappa shape index (κ2) is 21.9. The van der Waals surface area contributed by atoms with Crippen LogP contribution in [0.2, 0.25) is 0 Å². The summed E-state index contributed by atoms with van der Waals surface area (Å²) in [5.41, 5.74) is 5.23. The van der Waals surface area contributed by atoms with E-state index >= 15 is 0 Å². The third-order valence-electron chi connectivity index (χ3n) is 7.12. The summed E-state index contributed by atoms with van der Waals surface area (Å²) in [4.78, 5) is 110. The zero-order valence-electron chi connectivity index (χ0n) is 28.8. The predicted octanol–water partition coefficient (Wildman–Crippen LogP) is -5.08. The number of carboxylic acid groups (broad SMARTS) is 1. The number of aliphatic hydroxyl groups is 1. The molecule has 0 unspecified atom stereocenters.